The van der Waals surface area contributed by atoms with Crippen LogP contribution < -0.4 is 11.1 Å². The van der Waals surface area contributed by atoms with Gasteiger partial charge in [0.15, 0.2) is 0 Å². The van der Waals surface area contributed by atoms with Gasteiger partial charge in [0, 0.05) is 54.6 Å². The quantitative estimate of drug-likeness (QED) is 0.314. The van der Waals surface area contributed by atoms with E-state index in [0.29, 0.717) is 19.1 Å². The van der Waals surface area contributed by atoms with E-state index in [1.807, 2.05) is 42.2 Å². The second kappa shape index (κ2) is 10.9. The number of likely N-dealkylation sites (tertiary alicyclic amines) is 1. The summed E-state index contributed by atoms with van der Waals surface area (Å²) >= 11 is 0. The number of piperidine rings is 1. The number of nitrogens with two attached hydrogens (primary N) is 1. The molecule has 1 fully saturated rings. The molecular formula is C33H38N8O. The van der Waals surface area contributed by atoms with Crippen LogP contribution in [0.15, 0.2) is 54.6 Å². The molecule has 9 heteroatoms. The smallest absolute Gasteiger partial charge is 0.322 e. The van der Waals surface area contributed by atoms with Gasteiger partial charge in [-0.05, 0) is 80.7 Å². The Morgan fingerprint density at radius 3 is 2.50 bits per heavy atom. The van der Waals surface area contributed by atoms with Gasteiger partial charge in [-0.15, -0.1) is 0 Å². The van der Waals surface area contributed by atoms with Crippen molar-refractivity contribution in [1.82, 2.24) is 29.7 Å². The summed E-state index contributed by atoms with van der Waals surface area (Å²) in [5.74, 6) is 0.223. The van der Waals surface area contributed by atoms with Gasteiger partial charge in [-0.1, -0.05) is 42.5 Å². The molecule has 42 heavy (non-hydrogen) atoms. The average Bonchev–Trinajstić information content (AvgIpc) is 3.63. The van der Waals surface area contributed by atoms with Crippen LogP contribution in [-0.4, -0.2) is 75.0 Å². The Morgan fingerprint density at radius 1 is 1.02 bits per heavy atom. The van der Waals surface area contributed by atoms with E-state index in [-0.39, 0.29) is 12.0 Å². The lowest BCUT2D eigenvalue weighted by Crippen LogP contribution is -2.45. The number of urea groups is 1. The normalized spacial score (nSPS) is 18.3. The summed E-state index contributed by atoms with van der Waals surface area (Å²) in [6, 6.07) is 16.9. The van der Waals surface area contributed by atoms with Crippen LogP contribution >= 0.6 is 0 Å². The summed E-state index contributed by atoms with van der Waals surface area (Å²) in [7, 11) is 2.21. The largest absolute Gasteiger partial charge is 0.368 e. The number of fused-ring (bicyclic) bond motifs is 2. The van der Waals surface area contributed by atoms with Crippen molar-refractivity contribution >= 4 is 34.3 Å². The Morgan fingerprint density at radius 2 is 1.79 bits per heavy atom. The number of carbonyl (C=O) groups excluding carboxylic acids is 1. The fourth-order valence-corrected chi connectivity index (χ4v) is 6.72. The maximum atomic E-state index is 13.2. The Labute approximate surface area is 246 Å². The zero-order chi connectivity index (χ0) is 28.8. The lowest BCUT2D eigenvalue weighted by atomic mass is 9.98. The van der Waals surface area contributed by atoms with Gasteiger partial charge in [-0.2, -0.15) is 4.98 Å². The van der Waals surface area contributed by atoms with E-state index in [2.05, 4.69) is 61.4 Å². The molecule has 1 saturated heterocycles. The van der Waals surface area contributed by atoms with Gasteiger partial charge in [0.2, 0.25) is 5.95 Å². The molecule has 2 aromatic carbocycles. The number of nitrogens with one attached hydrogen (secondary N) is 2. The zero-order valence-corrected chi connectivity index (χ0v) is 24.4. The monoisotopic (exact) mass is 562 g/mol. The molecule has 3 aliphatic heterocycles. The summed E-state index contributed by atoms with van der Waals surface area (Å²) in [6.45, 7) is 7.65. The van der Waals surface area contributed by atoms with Crippen LogP contribution in [0.5, 0.6) is 0 Å². The van der Waals surface area contributed by atoms with Crippen LogP contribution in [0.4, 0.5) is 16.4 Å². The zero-order valence-electron chi connectivity index (χ0n) is 24.4. The van der Waals surface area contributed by atoms with E-state index in [0.717, 1.165) is 58.7 Å². The molecule has 0 saturated carbocycles. The average molecular weight is 563 g/mol. The van der Waals surface area contributed by atoms with E-state index in [1.165, 1.54) is 42.6 Å². The highest BCUT2D eigenvalue weighted by atomic mass is 16.2. The highest BCUT2D eigenvalue weighted by Gasteiger charge is 2.26. The van der Waals surface area contributed by atoms with Crippen molar-refractivity contribution in [3.8, 4) is 11.3 Å². The number of aromatic nitrogens is 3. The number of benzene rings is 2. The predicted octanol–water partition coefficient (Wildman–Crippen LogP) is 5.25. The molecular weight excluding hydrogens is 524 g/mol. The Balaban J connectivity index is 1.13. The van der Waals surface area contributed by atoms with Gasteiger partial charge in [0.25, 0.3) is 0 Å². The van der Waals surface area contributed by atoms with E-state index in [1.54, 1.807) is 0 Å². The Hall–Kier alpha value is -4.21. The molecule has 0 unspecified atom stereocenters. The van der Waals surface area contributed by atoms with Gasteiger partial charge in [0.05, 0.1) is 5.69 Å². The molecule has 9 nitrogen and oxygen atoms in total. The van der Waals surface area contributed by atoms with Gasteiger partial charge < -0.3 is 25.8 Å². The van der Waals surface area contributed by atoms with Crippen molar-refractivity contribution in [2.45, 2.75) is 45.3 Å². The Bertz CT molecular complexity index is 1660. The molecule has 0 radical (unpaired) electrons. The lowest BCUT2D eigenvalue weighted by Gasteiger charge is -2.38. The summed E-state index contributed by atoms with van der Waals surface area (Å²) in [5.41, 5.74) is 15.1. The van der Waals surface area contributed by atoms with Crippen LogP contribution in [0.1, 0.15) is 41.6 Å². The fraction of sp³-hybridized carbons (Fsp3) is 0.364. The number of anilines is 2. The molecule has 5 heterocycles. The van der Waals surface area contributed by atoms with E-state index in [4.69, 9.17) is 5.73 Å². The summed E-state index contributed by atoms with van der Waals surface area (Å²) in [4.78, 5) is 32.9. The number of hydrogen-bond donors (Lipinski definition) is 3. The molecule has 0 atom stereocenters. The SMILES string of the molecule is Cc1c(NC(=O)N2Cc3ccccc3C2)cccc1-c1nc(N)nc2[nH]c(C3=CCN(C4CCN(C)CC4)CC3)cc12. The van der Waals surface area contributed by atoms with Crippen molar-refractivity contribution in [3.63, 3.8) is 0 Å². The number of rotatable bonds is 4. The Kier molecular flexibility index (Phi) is 6.91. The minimum atomic E-state index is -0.110. The van der Waals surface area contributed by atoms with Crippen molar-refractivity contribution in [3.05, 3.63) is 77.0 Å². The molecule has 0 bridgehead atoms. The van der Waals surface area contributed by atoms with E-state index < -0.39 is 0 Å². The van der Waals surface area contributed by atoms with Gasteiger partial charge >= 0.3 is 6.03 Å². The number of nitrogen functional groups attached to an aromatic ring is 1. The summed E-state index contributed by atoms with van der Waals surface area (Å²) < 4.78 is 0. The van der Waals surface area contributed by atoms with E-state index >= 15 is 0 Å². The number of hydrogen-bond acceptors (Lipinski definition) is 6. The highest BCUT2D eigenvalue weighted by Crippen LogP contribution is 2.35. The molecule has 4 N–H and O–H groups in total. The summed E-state index contributed by atoms with van der Waals surface area (Å²) in [5, 5.41) is 4.07. The molecule has 0 spiro atoms. The molecule has 4 aromatic rings. The second-order valence-electron chi connectivity index (χ2n) is 11.9. The minimum absolute atomic E-state index is 0.110. The molecule has 2 amide bonds. The number of carbonyl (C=O) groups is 1. The fourth-order valence-electron chi connectivity index (χ4n) is 6.72. The molecule has 0 aliphatic carbocycles. The maximum absolute atomic E-state index is 13.2. The van der Waals surface area contributed by atoms with Crippen molar-refractivity contribution < 1.29 is 4.79 Å². The van der Waals surface area contributed by atoms with Gasteiger partial charge in [-0.25, -0.2) is 9.78 Å². The molecule has 7 rings (SSSR count). The minimum Gasteiger partial charge on any atom is -0.368 e. The van der Waals surface area contributed by atoms with Gasteiger partial charge in [0.1, 0.15) is 5.65 Å². The van der Waals surface area contributed by atoms with Crippen molar-refractivity contribution in [1.29, 1.82) is 0 Å². The first kappa shape index (κ1) is 26.7. The third-order valence-corrected chi connectivity index (χ3v) is 9.25. The van der Waals surface area contributed by atoms with Crippen molar-refractivity contribution in [2.24, 2.45) is 0 Å². The van der Waals surface area contributed by atoms with Crippen LogP contribution in [0, 0.1) is 6.92 Å². The first-order valence-electron chi connectivity index (χ1n) is 14.9. The number of amides is 2. The first-order valence-corrected chi connectivity index (χ1v) is 14.9. The highest BCUT2D eigenvalue weighted by molar-refractivity contribution is 5.97. The molecule has 216 valence electrons. The van der Waals surface area contributed by atoms with Crippen LogP contribution in [0.3, 0.4) is 0 Å². The standard InChI is InChI=1S/C33H38N8O/c1-21-26(8-5-9-28(21)36-33(42)41-19-23-6-3-4-7-24(23)20-41)30-27-18-29(35-31(27)38-32(34)37-30)22-10-16-40(17-11-22)25-12-14-39(2)15-13-25/h3-10,18,25H,11-17,19-20H2,1-2H3,(H,36,42)(H3,34,35,37,38). The third-order valence-electron chi connectivity index (χ3n) is 9.25. The van der Waals surface area contributed by atoms with Crippen molar-refractivity contribution in [2.75, 3.05) is 44.3 Å². The van der Waals surface area contributed by atoms with Crippen LogP contribution in [0.25, 0.3) is 27.9 Å². The maximum Gasteiger partial charge on any atom is 0.322 e. The molecule has 2 aromatic heterocycles. The van der Waals surface area contributed by atoms with Crippen LogP contribution in [0.2, 0.25) is 0 Å². The predicted molar refractivity (Wildman–Crippen MR) is 168 cm³/mol. The lowest BCUT2D eigenvalue weighted by molar-refractivity contribution is 0.131. The number of aromatic amines is 1. The number of nitrogens with zero attached hydrogens (tertiary/aromatic N) is 5. The topological polar surface area (TPSA) is 106 Å². The molecule has 3 aliphatic rings. The van der Waals surface area contributed by atoms with Crippen LogP contribution in [-0.2, 0) is 13.1 Å². The summed E-state index contributed by atoms with van der Waals surface area (Å²) in [6.07, 6.45) is 5.85. The second-order valence-corrected chi connectivity index (χ2v) is 11.9. The third kappa shape index (κ3) is 5.03. The number of H-pyrrole nitrogens is 1. The first-order chi connectivity index (χ1) is 20.4. The van der Waals surface area contributed by atoms with E-state index in [9.17, 15) is 4.79 Å². The van der Waals surface area contributed by atoms with Gasteiger partial charge in [-0.3, -0.25) is 4.90 Å².